The van der Waals surface area contributed by atoms with Gasteiger partial charge in [-0.2, -0.15) is 0 Å². The van der Waals surface area contributed by atoms with Crippen LogP contribution in [0.2, 0.25) is 0 Å². The molecule has 0 fully saturated rings. The van der Waals surface area contributed by atoms with Crippen molar-refractivity contribution in [1.82, 2.24) is 0 Å². The van der Waals surface area contributed by atoms with Crippen LogP contribution in [-0.2, 0) is 5.41 Å². The molecule has 0 heterocycles. The van der Waals surface area contributed by atoms with E-state index in [0.717, 1.165) is 60.7 Å². The van der Waals surface area contributed by atoms with Crippen LogP contribution in [0.15, 0.2) is 236 Å². The molecular formula is C63H45N. The number of anilines is 3. The van der Waals surface area contributed by atoms with Gasteiger partial charge in [-0.15, -0.1) is 0 Å². The Morgan fingerprint density at radius 2 is 0.859 bits per heavy atom. The highest BCUT2D eigenvalue weighted by Gasteiger charge is 2.37. The largest absolute Gasteiger partial charge is 0.311 e. The fraction of sp³-hybridized carbons (Fsp3) is 0.0476. The number of hydrogen-bond donors (Lipinski definition) is 0. The van der Waals surface area contributed by atoms with E-state index >= 15 is 0 Å². The molecule has 0 radical (unpaired) electrons. The SMILES string of the molecule is [2H]c1c([2H])c(N(c2ccc(-c3cccc(-c4cccc5ccccc45)c3)cc2)c2ccc(-c3cccc4c3C(C)(C)c3ccccc3-4)cc2)c([2H])c([2H])c1-c1ccc2c(ccc3ccccc32)c1. The molecule has 0 N–H and O–H groups in total. The average Bonchev–Trinajstić information content (AvgIpc) is 3.62. The summed E-state index contributed by atoms with van der Waals surface area (Å²) in [7, 11) is 0. The Kier molecular flexibility index (Phi) is 7.94. The molecule has 0 aliphatic heterocycles. The normalized spacial score (nSPS) is 13.5. The van der Waals surface area contributed by atoms with E-state index in [0.29, 0.717) is 5.56 Å². The summed E-state index contributed by atoms with van der Waals surface area (Å²) >= 11 is 0. The van der Waals surface area contributed by atoms with E-state index in [-0.39, 0.29) is 40.8 Å². The summed E-state index contributed by atoms with van der Waals surface area (Å²) in [5.41, 5.74) is 14.1. The fourth-order valence-corrected chi connectivity index (χ4v) is 10.2. The molecule has 1 nitrogen and oxygen atoms in total. The van der Waals surface area contributed by atoms with Crippen LogP contribution in [0.25, 0.3) is 88.0 Å². The van der Waals surface area contributed by atoms with Gasteiger partial charge >= 0.3 is 0 Å². The maximum absolute atomic E-state index is 9.70. The molecule has 0 saturated carbocycles. The Labute approximate surface area is 380 Å². The van der Waals surface area contributed by atoms with Crippen molar-refractivity contribution in [3.8, 4) is 55.6 Å². The zero-order valence-corrected chi connectivity index (χ0v) is 35.7. The van der Waals surface area contributed by atoms with E-state index in [9.17, 15) is 5.48 Å². The Morgan fingerprint density at radius 1 is 0.328 bits per heavy atom. The van der Waals surface area contributed by atoms with Crippen molar-refractivity contribution in [1.29, 1.82) is 0 Å². The van der Waals surface area contributed by atoms with Crippen molar-refractivity contribution >= 4 is 49.4 Å². The molecule has 0 saturated heterocycles. The first-order valence-electron chi connectivity index (χ1n) is 24.0. The molecule has 11 aromatic rings. The molecule has 12 rings (SSSR count). The first kappa shape index (κ1) is 33.6. The summed E-state index contributed by atoms with van der Waals surface area (Å²) in [6.45, 7) is 4.60. The first-order chi connectivity index (χ1) is 33.2. The standard InChI is InChI=1S/C63H45N/c1-63(2)61-23-8-7-19-59(61)60-22-11-21-58(62(60)63)46-30-37-53(38-31-46)64(52-35-28-43(29-36-52)48-32-39-57-50(41-48)25-24-45-13-4-6-18-55(45)57)51-33-26-42(27-34-51)47-15-9-16-49(40-47)56-20-10-14-44-12-3-5-17-54(44)56/h3-41H,1-2H3/i28D,29D,35D,36D. The first-order valence-corrected chi connectivity index (χ1v) is 22.0. The molecule has 0 amide bonds. The van der Waals surface area contributed by atoms with Crippen molar-refractivity contribution in [2.24, 2.45) is 0 Å². The summed E-state index contributed by atoms with van der Waals surface area (Å²) in [6, 6.07) is 73.1. The molecule has 0 spiro atoms. The van der Waals surface area contributed by atoms with Crippen molar-refractivity contribution in [2.75, 3.05) is 4.90 Å². The predicted molar refractivity (Wildman–Crippen MR) is 273 cm³/mol. The van der Waals surface area contributed by atoms with Gasteiger partial charge in [0.1, 0.15) is 0 Å². The monoisotopic (exact) mass is 819 g/mol. The summed E-state index contributed by atoms with van der Waals surface area (Å²) in [5.74, 6) is 0. The highest BCUT2D eigenvalue weighted by molar-refractivity contribution is 6.08. The second-order valence-electron chi connectivity index (χ2n) is 17.4. The van der Waals surface area contributed by atoms with Gasteiger partial charge in [-0.3, -0.25) is 0 Å². The molecular weight excluding hydrogens is 771 g/mol. The summed E-state index contributed by atoms with van der Waals surface area (Å²) in [4.78, 5) is 1.88. The summed E-state index contributed by atoms with van der Waals surface area (Å²) in [6.07, 6.45) is 0. The summed E-state index contributed by atoms with van der Waals surface area (Å²) < 4.78 is 38.5. The topological polar surface area (TPSA) is 3.24 Å². The quantitative estimate of drug-likeness (QED) is 0.145. The molecule has 1 heteroatoms. The molecule has 0 unspecified atom stereocenters. The van der Waals surface area contributed by atoms with Crippen molar-refractivity contribution in [2.45, 2.75) is 19.3 Å². The minimum atomic E-state index is -0.195. The van der Waals surface area contributed by atoms with Crippen molar-refractivity contribution < 1.29 is 5.48 Å². The molecule has 1 aliphatic rings. The van der Waals surface area contributed by atoms with E-state index in [2.05, 4.69) is 172 Å². The van der Waals surface area contributed by atoms with Crippen LogP contribution in [0.1, 0.15) is 30.5 Å². The third kappa shape index (κ3) is 6.31. The van der Waals surface area contributed by atoms with Gasteiger partial charge in [0.05, 0.1) is 5.48 Å². The van der Waals surface area contributed by atoms with Gasteiger partial charge in [-0.25, -0.2) is 0 Å². The average molecular weight is 820 g/mol. The van der Waals surface area contributed by atoms with E-state index in [1.807, 2.05) is 59.5 Å². The lowest BCUT2D eigenvalue weighted by atomic mass is 9.79. The smallest absolute Gasteiger partial charge is 0.0645 e. The number of rotatable bonds is 7. The third-order valence-electron chi connectivity index (χ3n) is 13.3. The number of benzene rings is 11. The van der Waals surface area contributed by atoms with Gasteiger partial charge in [-0.1, -0.05) is 202 Å². The van der Waals surface area contributed by atoms with Gasteiger partial charge < -0.3 is 4.90 Å². The maximum atomic E-state index is 9.70. The van der Waals surface area contributed by atoms with Crippen LogP contribution >= 0.6 is 0 Å². The third-order valence-corrected chi connectivity index (χ3v) is 13.3. The van der Waals surface area contributed by atoms with Crippen LogP contribution in [0.5, 0.6) is 0 Å². The minimum absolute atomic E-state index is 0.0914. The predicted octanol–water partition coefficient (Wildman–Crippen LogP) is 17.6. The van der Waals surface area contributed by atoms with E-state index < -0.39 is 0 Å². The lowest BCUT2D eigenvalue weighted by Crippen LogP contribution is -2.16. The van der Waals surface area contributed by atoms with Crippen LogP contribution < -0.4 is 4.90 Å². The second-order valence-corrected chi connectivity index (χ2v) is 17.4. The number of fused-ring (bicyclic) bond motifs is 7. The van der Waals surface area contributed by atoms with Crippen molar-refractivity contribution in [3.63, 3.8) is 0 Å². The van der Waals surface area contributed by atoms with Gasteiger partial charge in [0, 0.05) is 22.5 Å². The van der Waals surface area contributed by atoms with Crippen molar-refractivity contribution in [3.05, 3.63) is 248 Å². The molecule has 0 bridgehead atoms. The molecule has 1 aliphatic carbocycles. The fourth-order valence-electron chi connectivity index (χ4n) is 10.2. The Morgan fingerprint density at radius 3 is 1.66 bits per heavy atom. The van der Waals surface area contributed by atoms with Gasteiger partial charge in [-0.05, 0) is 148 Å². The van der Waals surface area contributed by atoms with E-state index in [1.165, 1.54) is 38.6 Å². The summed E-state index contributed by atoms with van der Waals surface area (Å²) in [5, 5.41) is 6.72. The minimum Gasteiger partial charge on any atom is -0.311 e. The van der Waals surface area contributed by atoms with Crippen LogP contribution in [-0.4, -0.2) is 0 Å². The van der Waals surface area contributed by atoms with Gasteiger partial charge in [0.2, 0.25) is 0 Å². The molecule has 0 aromatic heterocycles. The zero-order chi connectivity index (χ0) is 46.3. The van der Waals surface area contributed by atoms with E-state index in [4.69, 9.17) is 0 Å². The Bertz CT molecular complexity index is 3780. The molecule has 0 atom stereocenters. The lowest BCUT2D eigenvalue weighted by Gasteiger charge is -2.27. The van der Waals surface area contributed by atoms with Gasteiger partial charge in [0.15, 0.2) is 0 Å². The molecule has 302 valence electrons. The molecule has 11 aromatic carbocycles. The van der Waals surface area contributed by atoms with Crippen LogP contribution in [0.4, 0.5) is 17.1 Å². The second kappa shape index (κ2) is 15.1. The van der Waals surface area contributed by atoms with Crippen LogP contribution in [0.3, 0.4) is 0 Å². The van der Waals surface area contributed by atoms with Gasteiger partial charge in [0.25, 0.3) is 0 Å². The highest BCUT2D eigenvalue weighted by atomic mass is 15.1. The maximum Gasteiger partial charge on any atom is 0.0645 e. The Balaban J connectivity index is 0.977. The highest BCUT2D eigenvalue weighted by Crippen LogP contribution is 2.52. The zero-order valence-electron chi connectivity index (χ0n) is 39.7. The molecule has 64 heavy (non-hydrogen) atoms. The van der Waals surface area contributed by atoms with E-state index in [1.54, 1.807) is 0 Å². The number of nitrogens with zero attached hydrogens (tertiary/aromatic N) is 1. The Hall–Kier alpha value is -8.00. The lowest BCUT2D eigenvalue weighted by molar-refractivity contribution is 0.662. The van der Waals surface area contributed by atoms with Crippen LogP contribution in [0, 0.1) is 0 Å². The number of hydrogen-bond acceptors (Lipinski definition) is 1.